The zero-order chi connectivity index (χ0) is 25.9. The zero-order valence-electron chi connectivity index (χ0n) is 21.1. The van der Waals surface area contributed by atoms with Crippen LogP contribution in [0.2, 0.25) is 0 Å². The summed E-state index contributed by atoms with van der Waals surface area (Å²) in [5.41, 5.74) is 5.02. The van der Waals surface area contributed by atoms with E-state index in [1.807, 2.05) is 60.1 Å². The average molecular weight is 494 g/mol. The molecule has 0 bridgehead atoms. The molecule has 0 saturated carbocycles. The van der Waals surface area contributed by atoms with Crippen LogP contribution in [0.25, 0.3) is 22.2 Å². The number of hydrogen-bond donors (Lipinski definition) is 1. The van der Waals surface area contributed by atoms with E-state index in [0.717, 1.165) is 33.6 Å². The van der Waals surface area contributed by atoms with Gasteiger partial charge in [-0.05, 0) is 41.5 Å². The standard InChI is InChI=1S/C29H27N5O3/c1-33(2)28(35)25-18-22(14-15-30-25)37-21-11-12-26-23(17-21)31-29(34(26)3)32-24-16-20(10-13-27(24)36-4)19-8-6-5-7-9-19/h5-18H,1-4H3,(H,31,32). The summed E-state index contributed by atoms with van der Waals surface area (Å²) in [5.74, 6) is 2.33. The minimum absolute atomic E-state index is 0.187. The van der Waals surface area contributed by atoms with Gasteiger partial charge in [0.25, 0.3) is 5.91 Å². The Bertz CT molecular complexity index is 1580. The molecule has 2 aromatic heterocycles. The lowest BCUT2D eigenvalue weighted by atomic mass is 10.0. The molecule has 37 heavy (non-hydrogen) atoms. The fourth-order valence-electron chi connectivity index (χ4n) is 4.05. The molecule has 8 nitrogen and oxygen atoms in total. The first-order valence-corrected chi connectivity index (χ1v) is 11.8. The molecular weight excluding hydrogens is 466 g/mol. The normalized spacial score (nSPS) is 10.8. The predicted octanol–water partition coefficient (Wildman–Crippen LogP) is 5.88. The maximum atomic E-state index is 12.2. The second-order valence-corrected chi connectivity index (χ2v) is 8.73. The minimum atomic E-state index is -0.187. The number of nitrogens with zero attached hydrogens (tertiary/aromatic N) is 4. The number of imidazole rings is 1. The van der Waals surface area contributed by atoms with Gasteiger partial charge in [-0.3, -0.25) is 9.78 Å². The van der Waals surface area contributed by atoms with Gasteiger partial charge in [0.1, 0.15) is 22.9 Å². The van der Waals surface area contributed by atoms with Crippen molar-refractivity contribution in [3.63, 3.8) is 0 Å². The summed E-state index contributed by atoms with van der Waals surface area (Å²) in [5, 5.41) is 3.43. The van der Waals surface area contributed by atoms with E-state index in [0.29, 0.717) is 23.1 Å². The minimum Gasteiger partial charge on any atom is -0.495 e. The number of methoxy groups -OCH3 is 1. The molecule has 0 aliphatic heterocycles. The van der Waals surface area contributed by atoms with Gasteiger partial charge in [-0.25, -0.2) is 4.98 Å². The van der Waals surface area contributed by atoms with Crippen LogP contribution in [0.5, 0.6) is 17.2 Å². The molecule has 5 rings (SSSR count). The summed E-state index contributed by atoms with van der Waals surface area (Å²) < 4.78 is 13.6. The maximum Gasteiger partial charge on any atom is 0.272 e. The number of hydrogen-bond acceptors (Lipinski definition) is 6. The molecule has 0 atom stereocenters. The highest BCUT2D eigenvalue weighted by molar-refractivity contribution is 5.92. The van der Waals surface area contributed by atoms with Gasteiger partial charge in [-0.2, -0.15) is 0 Å². The van der Waals surface area contributed by atoms with E-state index in [2.05, 4.69) is 28.5 Å². The van der Waals surface area contributed by atoms with Gasteiger partial charge >= 0.3 is 0 Å². The Morgan fingerprint density at radius 2 is 1.70 bits per heavy atom. The topological polar surface area (TPSA) is 81.5 Å². The molecule has 0 aliphatic carbocycles. The summed E-state index contributed by atoms with van der Waals surface area (Å²) in [6.45, 7) is 0. The molecule has 5 aromatic rings. The van der Waals surface area contributed by atoms with E-state index in [9.17, 15) is 4.79 Å². The van der Waals surface area contributed by atoms with Crippen molar-refractivity contribution < 1.29 is 14.3 Å². The molecule has 186 valence electrons. The molecule has 2 heterocycles. The van der Waals surface area contributed by atoms with Crippen molar-refractivity contribution in [1.82, 2.24) is 19.4 Å². The third-order valence-corrected chi connectivity index (χ3v) is 6.00. The van der Waals surface area contributed by atoms with Crippen molar-refractivity contribution >= 4 is 28.6 Å². The lowest BCUT2D eigenvalue weighted by molar-refractivity contribution is 0.0821. The number of aromatic nitrogens is 3. The van der Waals surface area contributed by atoms with E-state index in [1.54, 1.807) is 39.5 Å². The van der Waals surface area contributed by atoms with E-state index in [4.69, 9.17) is 14.5 Å². The SMILES string of the molecule is COc1ccc(-c2ccccc2)cc1Nc1nc2cc(Oc3ccnc(C(=O)N(C)C)c3)ccc2n1C. The van der Waals surface area contributed by atoms with Crippen LogP contribution in [0, 0.1) is 0 Å². The predicted molar refractivity (Wildman–Crippen MR) is 145 cm³/mol. The highest BCUT2D eigenvalue weighted by Crippen LogP contribution is 2.34. The van der Waals surface area contributed by atoms with Crippen molar-refractivity contribution in [3.8, 4) is 28.4 Å². The second kappa shape index (κ2) is 10.0. The third kappa shape index (κ3) is 4.95. The Morgan fingerprint density at radius 1 is 0.919 bits per heavy atom. The fraction of sp³-hybridized carbons (Fsp3) is 0.138. The number of benzene rings is 3. The van der Waals surface area contributed by atoms with Crippen molar-refractivity contribution in [2.24, 2.45) is 7.05 Å². The summed E-state index contributed by atoms with van der Waals surface area (Å²) in [4.78, 5) is 22.7. The Labute approximate surface area is 215 Å². The lowest BCUT2D eigenvalue weighted by Gasteiger charge is -2.13. The Morgan fingerprint density at radius 3 is 2.46 bits per heavy atom. The van der Waals surface area contributed by atoms with Crippen molar-refractivity contribution in [2.45, 2.75) is 0 Å². The average Bonchev–Trinajstić information content (AvgIpc) is 3.22. The van der Waals surface area contributed by atoms with Crippen LogP contribution in [-0.4, -0.2) is 46.5 Å². The lowest BCUT2D eigenvalue weighted by Crippen LogP contribution is -2.22. The molecule has 0 fully saturated rings. The van der Waals surface area contributed by atoms with Gasteiger partial charge in [0, 0.05) is 39.5 Å². The zero-order valence-corrected chi connectivity index (χ0v) is 21.1. The van der Waals surface area contributed by atoms with E-state index in [-0.39, 0.29) is 5.91 Å². The Hall–Kier alpha value is -4.85. The van der Waals surface area contributed by atoms with Gasteiger partial charge in [0.2, 0.25) is 5.95 Å². The van der Waals surface area contributed by atoms with Crippen LogP contribution >= 0.6 is 0 Å². The number of pyridine rings is 1. The first-order valence-electron chi connectivity index (χ1n) is 11.8. The number of anilines is 2. The molecule has 0 aliphatic rings. The quantitative estimate of drug-likeness (QED) is 0.305. The molecule has 1 N–H and O–H groups in total. The Kier molecular flexibility index (Phi) is 6.47. The number of ether oxygens (including phenoxy) is 2. The van der Waals surface area contributed by atoms with Gasteiger partial charge in [-0.1, -0.05) is 36.4 Å². The van der Waals surface area contributed by atoms with Gasteiger partial charge in [0.05, 0.1) is 23.8 Å². The number of fused-ring (bicyclic) bond motifs is 1. The summed E-state index contributed by atoms with van der Waals surface area (Å²) in [6.07, 6.45) is 1.56. The molecular formula is C29H27N5O3. The highest BCUT2D eigenvalue weighted by Gasteiger charge is 2.14. The summed E-state index contributed by atoms with van der Waals surface area (Å²) in [6, 6.07) is 25.3. The highest BCUT2D eigenvalue weighted by atomic mass is 16.5. The molecule has 0 unspecified atom stereocenters. The van der Waals surface area contributed by atoms with Gasteiger partial charge < -0.3 is 24.3 Å². The molecule has 0 radical (unpaired) electrons. The number of carbonyl (C=O) groups excluding carboxylic acids is 1. The second-order valence-electron chi connectivity index (χ2n) is 8.73. The molecule has 0 spiro atoms. The first-order chi connectivity index (χ1) is 17.9. The van der Waals surface area contributed by atoms with E-state index >= 15 is 0 Å². The molecule has 1 amide bonds. The van der Waals surface area contributed by atoms with Crippen molar-refractivity contribution in [1.29, 1.82) is 0 Å². The number of aryl methyl sites for hydroxylation is 1. The third-order valence-electron chi connectivity index (χ3n) is 6.00. The van der Waals surface area contributed by atoms with Crippen LogP contribution in [0.4, 0.5) is 11.6 Å². The summed E-state index contributed by atoms with van der Waals surface area (Å²) in [7, 11) is 6.98. The molecule has 8 heteroatoms. The van der Waals surface area contributed by atoms with Crippen LogP contribution in [0.15, 0.2) is 85.1 Å². The monoisotopic (exact) mass is 493 g/mol. The van der Waals surface area contributed by atoms with Crippen LogP contribution in [-0.2, 0) is 7.05 Å². The number of amides is 1. The van der Waals surface area contributed by atoms with Crippen molar-refractivity contribution in [2.75, 3.05) is 26.5 Å². The van der Waals surface area contributed by atoms with Crippen LogP contribution in [0.1, 0.15) is 10.5 Å². The summed E-state index contributed by atoms with van der Waals surface area (Å²) >= 11 is 0. The van der Waals surface area contributed by atoms with Crippen LogP contribution < -0.4 is 14.8 Å². The van der Waals surface area contributed by atoms with Crippen LogP contribution in [0.3, 0.4) is 0 Å². The van der Waals surface area contributed by atoms with E-state index < -0.39 is 0 Å². The smallest absolute Gasteiger partial charge is 0.272 e. The largest absolute Gasteiger partial charge is 0.495 e. The number of nitrogens with one attached hydrogen (secondary N) is 1. The van der Waals surface area contributed by atoms with Gasteiger partial charge in [0.15, 0.2) is 0 Å². The van der Waals surface area contributed by atoms with Crippen molar-refractivity contribution in [3.05, 3.63) is 90.8 Å². The first kappa shape index (κ1) is 23.9. The van der Waals surface area contributed by atoms with Gasteiger partial charge in [-0.15, -0.1) is 0 Å². The van der Waals surface area contributed by atoms with E-state index in [1.165, 1.54) is 4.90 Å². The maximum absolute atomic E-state index is 12.2. The number of rotatable bonds is 7. The number of carbonyl (C=O) groups is 1. The fourth-order valence-corrected chi connectivity index (χ4v) is 4.05. The molecule has 3 aromatic carbocycles. The Balaban J connectivity index is 1.43. The molecule has 0 saturated heterocycles.